The molecule has 0 amide bonds. The van der Waals surface area contributed by atoms with Crippen LogP contribution in [0.25, 0.3) is 0 Å². The van der Waals surface area contributed by atoms with E-state index >= 15 is 0 Å². The highest BCUT2D eigenvalue weighted by Gasteiger charge is 2.58. The normalized spacial score (nSPS) is 50.2. The zero-order valence-corrected chi connectivity index (χ0v) is 13.6. The summed E-state index contributed by atoms with van der Waals surface area (Å²) in [6.45, 7) is 8.89. The highest BCUT2D eigenvalue weighted by Crippen LogP contribution is 2.65. The minimum Gasteiger partial charge on any atom is -0.393 e. The number of rotatable bonds is 0. The molecule has 4 aliphatic rings. The van der Waals surface area contributed by atoms with Crippen LogP contribution in [0.2, 0.25) is 0 Å². The van der Waals surface area contributed by atoms with Crippen LogP contribution >= 0.6 is 0 Å². The lowest BCUT2D eigenvalue weighted by molar-refractivity contribution is -0.111. The lowest BCUT2D eigenvalue weighted by Crippen LogP contribution is -2.50. The van der Waals surface area contributed by atoms with Gasteiger partial charge in [-0.2, -0.15) is 0 Å². The number of fused-ring (bicyclic) bond motifs is 5. The smallest absolute Gasteiger partial charge is 0.178 e. The summed E-state index contributed by atoms with van der Waals surface area (Å²) in [5.41, 5.74) is 2.37. The molecule has 1 N–H and O–H groups in total. The van der Waals surface area contributed by atoms with Gasteiger partial charge >= 0.3 is 0 Å². The molecule has 0 radical (unpaired) electrons. The van der Waals surface area contributed by atoms with Crippen molar-refractivity contribution in [1.29, 1.82) is 0 Å². The lowest BCUT2D eigenvalue weighted by Gasteiger charge is -2.57. The molecule has 2 nitrogen and oxygen atoms in total. The van der Waals surface area contributed by atoms with Gasteiger partial charge in [-0.25, -0.2) is 0 Å². The zero-order valence-electron chi connectivity index (χ0n) is 13.6. The quantitative estimate of drug-likeness (QED) is 0.738. The van der Waals surface area contributed by atoms with Gasteiger partial charge in [-0.15, -0.1) is 0 Å². The summed E-state index contributed by atoms with van der Waals surface area (Å²) >= 11 is 0. The Morgan fingerprint density at radius 1 is 1.23 bits per heavy atom. The van der Waals surface area contributed by atoms with Crippen LogP contribution < -0.4 is 0 Å². The maximum absolute atomic E-state index is 11.8. The predicted molar refractivity (Wildman–Crippen MR) is 87.1 cm³/mol. The van der Waals surface area contributed by atoms with E-state index in [1.165, 1.54) is 5.57 Å². The second-order valence-corrected chi connectivity index (χ2v) is 8.40. The van der Waals surface area contributed by atoms with Crippen molar-refractivity contribution in [2.24, 2.45) is 28.6 Å². The second-order valence-electron chi connectivity index (χ2n) is 8.40. The average molecular weight is 298 g/mol. The molecule has 0 heterocycles. The van der Waals surface area contributed by atoms with Crippen LogP contribution in [-0.2, 0) is 4.79 Å². The molecule has 3 saturated carbocycles. The Hall–Kier alpha value is -1.15. The van der Waals surface area contributed by atoms with Gasteiger partial charge in [0.15, 0.2) is 5.78 Å². The summed E-state index contributed by atoms with van der Waals surface area (Å²) in [6, 6.07) is 0. The SMILES string of the molecule is C=C1C[C@@H]2[C@H]3CC[C@@H](O)[C@]3(C)CC[C@H]2[C@]2(C)C=CC(=O)C=C12. The third-order valence-electron chi connectivity index (χ3n) is 7.48. The van der Waals surface area contributed by atoms with Crippen molar-refractivity contribution >= 4 is 5.78 Å². The highest BCUT2D eigenvalue weighted by atomic mass is 16.3. The van der Waals surface area contributed by atoms with Gasteiger partial charge in [-0.1, -0.05) is 32.1 Å². The maximum Gasteiger partial charge on any atom is 0.178 e. The van der Waals surface area contributed by atoms with E-state index in [9.17, 15) is 9.90 Å². The fourth-order valence-electron chi connectivity index (χ4n) is 6.18. The number of carbonyl (C=O) groups is 1. The van der Waals surface area contributed by atoms with Crippen LogP contribution in [0.3, 0.4) is 0 Å². The molecule has 0 aliphatic heterocycles. The molecule has 0 unspecified atom stereocenters. The van der Waals surface area contributed by atoms with E-state index in [0.29, 0.717) is 17.8 Å². The molecule has 4 aliphatic carbocycles. The van der Waals surface area contributed by atoms with Crippen molar-refractivity contribution in [3.8, 4) is 0 Å². The highest BCUT2D eigenvalue weighted by molar-refractivity contribution is 6.01. The number of hydrogen-bond acceptors (Lipinski definition) is 2. The van der Waals surface area contributed by atoms with Crippen LogP contribution in [0.1, 0.15) is 46.0 Å². The minimum absolute atomic E-state index is 0.0389. The molecule has 0 spiro atoms. The topological polar surface area (TPSA) is 37.3 Å². The van der Waals surface area contributed by atoms with Gasteiger partial charge in [0.25, 0.3) is 0 Å². The lowest BCUT2D eigenvalue weighted by atomic mass is 9.47. The van der Waals surface area contributed by atoms with E-state index in [-0.39, 0.29) is 22.7 Å². The van der Waals surface area contributed by atoms with Gasteiger partial charge in [0.05, 0.1) is 6.10 Å². The Labute approximate surface area is 133 Å². The first-order valence-corrected chi connectivity index (χ1v) is 8.68. The third-order valence-corrected chi connectivity index (χ3v) is 7.48. The molecular formula is C20H26O2. The Bertz CT molecular complexity index is 613. The Balaban J connectivity index is 1.76. The summed E-state index contributed by atoms with van der Waals surface area (Å²) in [5, 5.41) is 10.5. The van der Waals surface area contributed by atoms with Crippen molar-refractivity contribution in [1.82, 2.24) is 0 Å². The number of aliphatic hydroxyl groups is 1. The van der Waals surface area contributed by atoms with E-state index in [1.807, 2.05) is 6.08 Å². The van der Waals surface area contributed by atoms with Gasteiger partial charge in [0.1, 0.15) is 0 Å². The van der Waals surface area contributed by atoms with E-state index in [0.717, 1.165) is 37.7 Å². The fourth-order valence-corrected chi connectivity index (χ4v) is 6.18. The number of allylic oxidation sites excluding steroid dienone is 5. The van der Waals surface area contributed by atoms with Crippen molar-refractivity contribution in [2.45, 2.75) is 52.1 Å². The first-order valence-electron chi connectivity index (χ1n) is 8.68. The average Bonchev–Trinajstić information content (AvgIpc) is 2.77. The molecule has 118 valence electrons. The molecule has 22 heavy (non-hydrogen) atoms. The Kier molecular flexibility index (Phi) is 2.92. The predicted octanol–water partition coefficient (Wildman–Crippen LogP) is 3.82. The van der Waals surface area contributed by atoms with Gasteiger partial charge in [0.2, 0.25) is 0 Å². The van der Waals surface area contributed by atoms with Crippen LogP contribution in [0.4, 0.5) is 0 Å². The van der Waals surface area contributed by atoms with E-state index in [1.54, 1.807) is 6.08 Å². The summed E-state index contributed by atoms with van der Waals surface area (Å²) in [4.78, 5) is 11.8. The summed E-state index contributed by atoms with van der Waals surface area (Å²) in [5.74, 6) is 1.88. The molecule has 0 aromatic rings. The third kappa shape index (κ3) is 1.68. The van der Waals surface area contributed by atoms with Crippen LogP contribution in [-0.4, -0.2) is 17.0 Å². The number of ketones is 1. The molecule has 3 fully saturated rings. The fraction of sp³-hybridized carbons (Fsp3) is 0.650. The summed E-state index contributed by atoms with van der Waals surface area (Å²) in [7, 11) is 0. The molecule has 4 rings (SSSR count). The zero-order chi connectivity index (χ0) is 15.7. The van der Waals surface area contributed by atoms with Crippen molar-refractivity contribution < 1.29 is 9.90 Å². The number of aliphatic hydroxyl groups excluding tert-OH is 1. The van der Waals surface area contributed by atoms with Crippen LogP contribution in [0.15, 0.2) is 36.0 Å². The molecule has 0 aromatic heterocycles. The summed E-state index contributed by atoms with van der Waals surface area (Å²) < 4.78 is 0. The Morgan fingerprint density at radius 3 is 2.77 bits per heavy atom. The largest absolute Gasteiger partial charge is 0.393 e. The van der Waals surface area contributed by atoms with E-state index in [2.05, 4.69) is 26.5 Å². The van der Waals surface area contributed by atoms with Gasteiger partial charge in [0, 0.05) is 5.41 Å². The molecule has 0 aromatic carbocycles. The van der Waals surface area contributed by atoms with Crippen molar-refractivity contribution in [2.75, 3.05) is 0 Å². The molecule has 0 saturated heterocycles. The molecule has 0 bridgehead atoms. The van der Waals surface area contributed by atoms with Crippen LogP contribution in [0, 0.1) is 28.6 Å². The molecule has 6 atom stereocenters. The van der Waals surface area contributed by atoms with Crippen LogP contribution in [0.5, 0.6) is 0 Å². The summed E-state index contributed by atoms with van der Waals surface area (Å²) in [6.07, 6.45) is 10.9. The number of carbonyl (C=O) groups excluding carboxylic acids is 1. The monoisotopic (exact) mass is 298 g/mol. The van der Waals surface area contributed by atoms with Gasteiger partial charge < -0.3 is 5.11 Å². The van der Waals surface area contributed by atoms with Crippen molar-refractivity contribution in [3.63, 3.8) is 0 Å². The first kappa shape index (κ1) is 14.4. The number of hydrogen-bond donors (Lipinski definition) is 1. The Morgan fingerprint density at radius 2 is 2.00 bits per heavy atom. The van der Waals surface area contributed by atoms with E-state index in [4.69, 9.17) is 0 Å². The van der Waals surface area contributed by atoms with Crippen molar-refractivity contribution in [3.05, 3.63) is 36.0 Å². The molecular weight excluding hydrogens is 272 g/mol. The maximum atomic E-state index is 11.8. The first-order chi connectivity index (χ1) is 10.4. The second kappa shape index (κ2) is 4.44. The standard InChI is InChI=1S/C20H26O2/c1-12-10-14-15-4-5-18(22)20(15,3)9-7-16(14)19(2)8-6-13(21)11-17(12)19/h6,8,11,14-16,18,22H,1,4-5,7,9-10H2,2-3H3/t14-,15-,16-,18-,19+,20-/m1/s1. The van der Waals surface area contributed by atoms with Gasteiger partial charge in [-0.05, 0) is 73.0 Å². The van der Waals surface area contributed by atoms with E-state index < -0.39 is 0 Å². The molecule has 2 heteroatoms. The van der Waals surface area contributed by atoms with Gasteiger partial charge in [-0.3, -0.25) is 4.79 Å². The minimum atomic E-state index is -0.139.